The molecule has 1 heterocycles. The first-order chi connectivity index (χ1) is 10.1. The molecule has 2 aromatic rings. The van der Waals surface area contributed by atoms with E-state index in [1.807, 2.05) is 6.92 Å². The second-order valence-corrected chi connectivity index (χ2v) is 5.76. The molecule has 116 valence electrons. The van der Waals surface area contributed by atoms with Crippen LogP contribution in [0.2, 0.25) is 0 Å². The fourth-order valence-corrected chi connectivity index (χ4v) is 3.03. The topological polar surface area (TPSA) is 25.2 Å². The minimum Gasteiger partial charge on any atom is -0.459 e. The third-order valence-electron chi connectivity index (χ3n) is 4.43. The maximum absolute atomic E-state index is 13.4. The van der Waals surface area contributed by atoms with Crippen LogP contribution in [0, 0.1) is 18.7 Å². The highest BCUT2D eigenvalue weighted by atomic mass is 19.1. The average molecular weight is 291 g/mol. The molecule has 0 aliphatic rings. The highest BCUT2D eigenvalue weighted by Crippen LogP contribution is 2.33. The van der Waals surface area contributed by atoms with Crippen molar-refractivity contribution in [2.75, 3.05) is 6.54 Å². The third-order valence-corrected chi connectivity index (χ3v) is 4.43. The van der Waals surface area contributed by atoms with E-state index in [0.717, 1.165) is 35.3 Å². The highest BCUT2D eigenvalue weighted by Gasteiger charge is 2.22. The molecule has 3 heteroatoms. The summed E-state index contributed by atoms with van der Waals surface area (Å²) in [6, 6.07) is 4.95. The fraction of sp³-hybridized carbons (Fsp3) is 0.556. The molecule has 0 aliphatic carbocycles. The first kappa shape index (κ1) is 16.0. The van der Waals surface area contributed by atoms with Crippen molar-refractivity contribution in [2.24, 2.45) is 5.92 Å². The van der Waals surface area contributed by atoms with Crippen molar-refractivity contribution in [3.8, 4) is 0 Å². The lowest BCUT2D eigenvalue weighted by Crippen LogP contribution is -2.23. The standard InChI is InChI=1S/C18H26FNO/c1-5-13(6-2)10-16(20-7-3)18-12(4)15-11-14(19)8-9-17(15)21-18/h8-9,11,13,16,20H,5-7,10H2,1-4H3. The first-order valence-electron chi connectivity index (χ1n) is 8.02. The number of aryl methyl sites for hydroxylation is 1. The van der Waals surface area contributed by atoms with Crippen LogP contribution < -0.4 is 5.32 Å². The van der Waals surface area contributed by atoms with Crippen LogP contribution in [0.1, 0.15) is 57.4 Å². The lowest BCUT2D eigenvalue weighted by atomic mass is 9.92. The molecule has 2 nitrogen and oxygen atoms in total. The van der Waals surface area contributed by atoms with Gasteiger partial charge in [0.2, 0.25) is 0 Å². The van der Waals surface area contributed by atoms with Crippen molar-refractivity contribution in [3.63, 3.8) is 0 Å². The van der Waals surface area contributed by atoms with E-state index in [1.165, 1.54) is 18.9 Å². The number of hydrogen-bond acceptors (Lipinski definition) is 2. The van der Waals surface area contributed by atoms with Gasteiger partial charge >= 0.3 is 0 Å². The van der Waals surface area contributed by atoms with Crippen molar-refractivity contribution in [1.29, 1.82) is 0 Å². The molecule has 0 radical (unpaired) electrons. The Kier molecular flexibility index (Phi) is 5.40. The number of hydrogen-bond donors (Lipinski definition) is 1. The summed E-state index contributed by atoms with van der Waals surface area (Å²) in [6.45, 7) is 9.50. The van der Waals surface area contributed by atoms with Crippen molar-refractivity contribution in [3.05, 3.63) is 35.3 Å². The van der Waals surface area contributed by atoms with Crippen LogP contribution in [-0.4, -0.2) is 6.54 Å². The Morgan fingerprint density at radius 2 is 1.90 bits per heavy atom. The zero-order valence-corrected chi connectivity index (χ0v) is 13.5. The smallest absolute Gasteiger partial charge is 0.134 e. The van der Waals surface area contributed by atoms with E-state index in [2.05, 4.69) is 26.1 Å². The lowest BCUT2D eigenvalue weighted by Gasteiger charge is -2.21. The van der Waals surface area contributed by atoms with E-state index in [4.69, 9.17) is 4.42 Å². The summed E-state index contributed by atoms with van der Waals surface area (Å²) in [5.41, 5.74) is 1.83. The predicted octanol–water partition coefficient (Wildman–Crippen LogP) is 5.36. The van der Waals surface area contributed by atoms with Gasteiger partial charge in [-0.15, -0.1) is 0 Å². The molecule has 1 atom stereocenters. The first-order valence-corrected chi connectivity index (χ1v) is 8.02. The van der Waals surface area contributed by atoms with Crippen LogP contribution in [0.25, 0.3) is 11.0 Å². The SMILES string of the molecule is CCNC(CC(CC)CC)c1oc2ccc(F)cc2c1C. The number of rotatable bonds is 7. The van der Waals surface area contributed by atoms with Gasteiger partial charge in [0, 0.05) is 10.9 Å². The summed E-state index contributed by atoms with van der Waals surface area (Å²) in [5.74, 6) is 1.43. The van der Waals surface area contributed by atoms with Gasteiger partial charge in [0.1, 0.15) is 17.2 Å². The van der Waals surface area contributed by atoms with Crippen molar-refractivity contribution >= 4 is 11.0 Å². The van der Waals surface area contributed by atoms with Crippen molar-refractivity contribution in [1.82, 2.24) is 5.32 Å². The van der Waals surface area contributed by atoms with Gasteiger partial charge in [0.15, 0.2) is 0 Å². The second kappa shape index (κ2) is 7.08. The van der Waals surface area contributed by atoms with E-state index in [9.17, 15) is 4.39 Å². The Morgan fingerprint density at radius 1 is 1.19 bits per heavy atom. The minimum absolute atomic E-state index is 0.204. The number of benzene rings is 1. The van der Waals surface area contributed by atoms with E-state index < -0.39 is 0 Å². The molecular formula is C18H26FNO. The maximum Gasteiger partial charge on any atom is 0.134 e. The minimum atomic E-state index is -0.210. The molecule has 2 rings (SSSR count). The molecular weight excluding hydrogens is 265 g/mol. The zero-order valence-electron chi connectivity index (χ0n) is 13.5. The number of nitrogens with one attached hydrogen (secondary N) is 1. The van der Waals surface area contributed by atoms with Gasteiger partial charge in [-0.25, -0.2) is 4.39 Å². The van der Waals surface area contributed by atoms with Crippen LogP contribution in [-0.2, 0) is 0 Å². The quantitative estimate of drug-likeness (QED) is 0.743. The number of fused-ring (bicyclic) bond motifs is 1. The van der Waals surface area contributed by atoms with Crippen LogP contribution in [0.5, 0.6) is 0 Å². The molecule has 0 aliphatic heterocycles. The van der Waals surface area contributed by atoms with E-state index in [0.29, 0.717) is 5.92 Å². The molecule has 0 saturated heterocycles. The van der Waals surface area contributed by atoms with Gasteiger partial charge in [-0.2, -0.15) is 0 Å². The zero-order chi connectivity index (χ0) is 15.4. The summed E-state index contributed by atoms with van der Waals surface area (Å²) in [5, 5.41) is 4.41. The predicted molar refractivity (Wildman–Crippen MR) is 86.0 cm³/mol. The summed E-state index contributed by atoms with van der Waals surface area (Å²) in [7, 11) is 0. The van der Waals surface area contributed by atoms with E-state index >= 15 is 0 Å². The summed E-state index contributed by atoms with van der Waals surface area (Å²) >= 11 is 0. The monoisotopic (exact) mass is 291 g/mol. The number of furan rings is 1. The van der Waals surface area contributed by atoms with Gasteiger partial charge in [0.05, 0.1) is 6.04 Å². The second-order valence-electron chi connectivity index (χ2n) is 5.76. The normalized spacial score (nSPS) is 13.2. The van der Waals surface area contributed by atoms with Crippen molar-refractivity contribution in [2.45, 2.75) is 53.0 Å². The van der Waals surface area contributed by atoms with Crippen molar-refractivity contribution < 1.29 is 8.81 Å². The third kappa shape index (κ3) is 3.46. The fourth-order valence-electron chi connectivity index (χ4n) is 3.03. The molecule has 0 spiro atoms. The van der Waals surface area contributed by atoms with E-state index in [-0.39, 0.29) is 11.9 Å². The molecule has 0 saturated carbocycles. The largest absolute Gasteiger partial charge is 0.459 e. The van der Waals surface area contributed by atoms with Gasteiger partial charge in [-0.05, 0) is 44.0 Å². The maximum atomic E-state index is 13.4. The van der Waals surface area contributed by atoms with E-state index in [1.54, 1.807) is 12.1 Å². The molecule has 1 aromatic heterocycles. The molecule has 0 amide bonds. The van der Waals surface area contributed by atoms with Crippen LogP contribution in [0.4, 0.5) is 4.39 Å². The van der Waals surface area contributed by atoms with Gasteiger partial charge < -0.3 is 9.73 Å². The highest BCUT2D eigenvalue weighted by molar-refractivity contribution is 5.82. The molecule has 1 aromatic carbocycles. The Hall–Kier alpha value is -1.35. The Labute approximate surface area is 126 Å². The molecule has 0 bridgehead atoms. The molecule has 1 unspecified atom stereocenters. The summed E-state index contributed by atoms with van der Waals surface area (Å²) in [6.07, 6.45) is 3.41. The van der Waals surface area contributed by atoms with Crippen LogP contribution >= 0.6 is 0 Å². The Bertz CT molecular complexity index is 586. The summed E-state index contributed by atoms with van der Waals surface area (Å²) in [4.78, 5) is 0. The number of halogens is 1. The molecule has 0 fully saturated rings. The molecule has 21 heavy (non-hydrogen) atoms. The van der Waals surface area contributed by atoms with Gasteiger partial charge in [-0.1, -0.05) is 33.6 Å². The van der Waals surface area contributed by atoms with Gasteiger partial charge in [0.25, 0.3) is 0 Å². The molecule has 1 N–H and O–H groups in total. The Balaban J connectivity index is 2.37. The van der Waals surface area contributed by atoms with Crippen LogP contribution in [0.15, 0.2) is 22.6 Å². The lowest BCUT2D eigenvalue weighted by molar-refractivity contribution is 0.337. The van der Waals surface area contributed by atoms with Gasteiger partial charge in [-0.3, -0.25) is 0 Å². The average Bonchev–Trinajstić information content (AvgIpc) is 2.80. The summed E-state index contributed by atoms with van der Waals surface area (Å²) < 4.78 is 19.5. The Morgan fingerprint density at radius 3 is 2.52 bits per heavy atom. The van der Waals surface area contributed by atoms with Crippen LogP contribution in [0.3, 0.4) is 0 Å².